The number of hydrogen-bond donors (Lipinski definition) is 2. The average molecular weight is 365 g/mol. The molecule has 110 valence electrons. The normalized spacial score (nSPS) is 17.4. The standard InChI is InChI=1S/C12H14BrFN2O3S/c1-12(3-2-4-12)16-11(17)7-5-10(20(15,18)19)8(13)6-9(7)14/h5-6H,2-4H2,1H3,(H,16,17)(H2,15,18,19). The maximum atomic E-state index is 13.8. The van der Waals surface area contributed by atoms with Crippen LogP contribution in [0.15, 0.2) is 21.5 Å². The molecule has 1 aliphatic carbocycles. The summed E-state index contributed by atoms with van der Waals surface area (Å²) in [6.07, 6.45) is 2.64. The van der Waals surface area contributed by atoms with Gasteiger partial charge in [-0.05, 0) is 54.2 Å². The van der Waals surface area contributed by atoms with Gasteiger partial charge < -0.3 is 5.32 Å². The van der Waals surface area contributed by atoms with Crippen LogP contribution in [-0.4, -0.2) is 19.9 Å². The number of nitrogens with one attached hydrogen (secondary N) is 1. The number of sulfonamides is 1. The van der Waals surface area contributed by atoms with E-state index in [-0.39, 0.29) is 20.5 Å². The fraction of sp³-hybridized carbons (Fsp3) is 0.417. The second-order valence-corrected chi connectivity index (χ2v) is 7.56. The van der Waals surface area contributed by atoms with Gasteiger partial charge in [-0.25, -0.2) is 17.9 Å². The van der Waals surface area contributed by atoms with Crippen LogP contribution in [-0.2, 0) is 10.0 Å². The Morgan fingerprint density at radius 2 is 2.05 bits per heavy atom. The largest absolute Gasteiger partial charge is 0.347 e. The minimum atomic E-state index is -4.04. The monoisotopic (exact) mass is 364 g/mol. The molecule has 20 heavy (non-hydrogen) atoms. The van der Waals surface area contributed by atoms with Crippen LogP contribution in [0.25, 0.3) is 0 Å². The first-order valence-electron chi connectivity index (χ1n) is 5.97. The molecule has 0 aromatic heterocycles. The number of carbonyl (C=O) groups is 1. The SMILES string of the molecule is CC1(NC(=O)c2cc(S(N)(=O)=O)c(Br)cc2F)CCC1. The van der Waals surface area contributed by atoms with Crippen molar-refractivity contribution in [2.75, 3.05) is 0 Å². The third-order valence-corrected chi connectivity index (χ3v) is 5.31. The van der Waals surface area contributed by atoms with Gasteiger partial charge in [-0.3, -0.25) is 4.79 Å². The number of primary sulfonamides is 1. The van der Waals surface area contributed by atoms with Crippen molar-refractivity contribution < 1.29 is 17.6 Å². The Morgan fingerprint density at radius 3 is 2.50 bits per heavy atom. The summed E-state index contributed by atoms with van der Waals surface area (Å²) in [7, 11) is -4.04. The van der Waals surface area contributed by atoms with Crippen molar-refractivity contribution in [3.8, 4) is 0 Å². The molecule has 0 atom stereocenters. The van der Waals surface area contributed by atoms with E-state index in [9.17, 15) is 17.6 Å². The van der Waals surface area contributed by atoms with E-state index in [1.54, 1.807) is 0 Å². The highest BCUT2D eigenvalue weighted by molar-refractivity contribution is 9.10. The number of carbonyl (C=O) groups excluding carboxylic acids is 1. The number of rotatable bonds is 3. The van der Waals surface area contributed by atoms with Gasteiger partial charge in [-0.2, -0.15) is 0 Å². The van der Waals surface area contributed by atoms with Crippen LogP contribution in [0.1, 0.15) is 36.5 Å². The summed E-state index contributed by atoms with van der Waals surface area (Å²) in [4.78, 5) is 11.7. The second-order valence-electron chi connectivity index (χ2n) is 5.18. The smallest absolute Gasteiger partial charge is 0.254 e. The number of amides is 1. The average Bonchev–Trinajstić information content (AvgIpc) is 2.24. The van der Waals surface area contributed by atoms with Gasteiger partial charge in [0.25, 0.3) is 5.91 Å². The van der Waals surface area contributed by atoms with E-state index in [0.29, 0.717) is 0 Å². The summed E-state index contributed by atoms with van der Waals surface area (Å²) >= 11 is 2.92. The highest BCUT2D eigenvalue weighted by Crippen LogP contribution is 2.32. The molecule has 3 N–H and O–H groups in total. The molecule has 0 unspecified atom stereocenters. The number of hydrogen-bond acceptors (Lipinski definition) is 3. The minimum absolute atomic E-state index is 0.0103. The van der Waals surface area contributed by atoms with Crippen molar-refractivity contribution in [1.82, 2.24) is 5.32 Å². The molecule has 0 spiro atoms. The third-order valence-electron chi connectivity index (χ3n) is 3.45. The van der Waals surface area contributed by atoms with Crippen LogP contribution in [0.2, 0.25) is 0 Å². The highest BCUT2D eigenvalue weighted by Gasteiger charge is 2.34. The summed E-state index contributed by atoms with van der Waals surface area (Å²) in [5, 5.41) is 7.75. The molecule has 1 amide bonds. The Balaban J connectivity index is 2.38. The van der Waals surface area contributed by atoms with Crippen molar-refractivity contribution in [2.24, 2.45) is 5.14 Å². The Labute approximate surface area is 124 Å². The number of benzene rings is 1. The maximum Gasteiger partial charge on any atom is 0.254 e. The lowest BCUT2D eigenvalue weighted by Crippen LogP contribution is -2.51. The van der Waals surface area contributed by atoms with E-state index >= 15 is 0 Å². The molecule has 1 saturated carbocycles. The molecular formula is C12H14BrFN2O3S. The Hall–Kier alpha value is -0.990. The van der Waals surface area contributed by atoms with Gasteiger partial charge >= 0.3 is 0 Å². The van der Waals surface area contributed by atoms with Crippen LogP contribution < -0.4 is 10.5 Å². The van der Waals surface area contributed by atoms with E-state index in [2.05, 4.69) is 21.2 Å². The van der Waals surface area contributed by atoms with Gasteiger partial charge in [0.15, 0.2) is 0 Å². The van der Waals surface area contributed by atoms with Crippen molar-refractivity contribution in [2.45, 2.75) is 36.6 Å². The summed E-state index contributed by atoms with van der Waals surface area (Å²) in [5.74, 6) is -1.44. The van der Waals surface area contributed by atoms with E-state index in [1.807, 2.05) is 6.92 Å². The summed E-state index contributed by atoms with van der Waals surface area (Å²) < 4.78 is 36.6. The van der Waals surface area contributed by atoms with Crippen LogP contribution in [0.3, 0.4) is 0 Å². The van der Waals surface area contributed by atoms with Crippen molar-refractivity contribution in [3.63, 3.8) is 0 Å². The third kappa shape index (κ3) is 3.02. The van der Waals surface area contributed by atoms with E-state index in [0.717, 1.165) is 31.4 Å². The van der Waals surface area contributed by atoms with Crippen molar-refractivity contribution in [1.29, 1.82) is 0 Å². The molecule has 1 aromatic carbocycles. The lowest BCUT2D eigenvalue weighted by molar-refractivity contribution is 0.0846. The van der Waals surface area contributed by atoms with Crippen molar-refractivity contribution in [3.05, 3.63) is 28.0 Å². The zero-order chi connectivity index (χ0) is 15.1. The topological polar surface area (TPSA) is 89.3 Å². The zero-order valence-electron chi connectivity index (χ0n) is 10.7. The van der Waals surface area contributed by atoms with Gasteiger partial charge in [0.05, 0.1) is 10.5 Å². The van der Waals surface area contributed by atoms with Crippen LogP contribution >= 0.6 is 15.9 Å². The predicted molar refractivity (Wildman–Crippen MR) is 75.2 cm³/mol. The molecule has 0 saturated heterocycles. The molecule has 5 nitrogen and oxygen atoms in total. The molecule has 8 heteroatoms. The maximum absolute atomic E-state index is 13.8. The fourth-order valence-electron chi connectivity index (χ4n) is 2.09. The van der Waals surface area contributed by atoms with Gasteiger partial charge in [-0.1, -0.05) is 0 Å². The number of halogens is 2. The molecule has 0 bridgehead atoms. The Bertz CT molecular complexity index is 672. The Kier molecular flexibility index (Phi) is 3.92. The molecule has 1 fully saturated rings. The van der Waals surface area contributed by atoms with Crippen LogP contribution in [0.4, 0.5) is 4.39 Å². The first-order valence-corrected chi connectivity index (χ1v) is 8.31. The van der Waals surface area contributed by atoms with Crippen LogP contribution in [0.5, 0.6) is 0 Å². The fourth-order valence-corrected chi connectivity index (χ4v) is 3.70. The van der Waals surface area contributed by atoms with E-state index in [4.69, 9.17) is 5.14 Å². The first kappa shape index (κ1) is 15.4. The molecule has 0 radical (unpaired) electrons. The highest BCUT2D eigenvalue weighted by atomic mass is 79.9. The van der Waals surface area contributed by atoms with Gasteiger partial charge in [0.2, 0.25) is 10.0 Å². The lowest BCUT2D eigenvalue weighted by atomic mass is 9.78. The second kappa shape index (κ2) is 5.09. The van der Waals surface area contributed by atoms with Gasteiger partial charge in [-0.15, -0.1) is 0 Å². The van der Waals surface area contributed by atoms with Gasteiger partial charge in [0, 0.05) is 10.0 Å². The first-order chi connectivity index (χ1) is 9.12. The molecule has 0 aliphatic heterocycles. The van der Waals surface area contributed by atoms with Crippen molar-refractivity contribution >= 4 is 31.9 Å². The molecule has 1 aromatic rings. The minimum Gasteiger partial charge on any atom is -0.347 e. The summed E-state index contributed by atoms with van der Waals surface area (Å²) in [6.45, 7) is 1.87. The van der Waals surface area contributed by atoms with E-state index < -0.39 is 21.7 Å². The lowest BCUT2D eigenvalue weighted by Gasteiger charge is -2.39. The summed E-state index contributed by atoms with van der Waals surface area (Å²) in [5.41, 5.74) is -0.677. The Morgan fingerprint density at radius 1 is 1.45 bits per heavy atom. The molecule has 1 aliphatic rings. The molecular weight excluding hydrogens is 351 g/mol. The van der Waals surface area contributed by atoms with E-state index in [1.165, 1.54) is 0 Å². The summed E-state index contributed by atoms with van der Waals surface area (Å²) in [6, 6.07) is 1.88. The zero-order valence-corrected chi connectivity index (χ0v) is 13.1. The number of nitrogens with two attached hydrogens (primary N) is 1. The molecule has 2 rings (SSSR count). The van der Waals surface area contributed by atoms with Gasteiger partial charge in [0.1, 0.15) is 5.82 Å². The quantitative estimate of drug-likeness (QED) is 0.858. The van der Waals surface area contributed by atoms with Crippen LogP contribution in [0, 0.1) is 5.82 Å². The molecule has 0 heterocycles. The predicted octanol–water partition coefficient (Wildman–Crippen LogP) is 1.91.